The van der Waals surface area contributed by atoms with Gasteiger partial charge in [-0.2, -0.15) is 0 Å². The zero-order valence-corrected chi connectivity index (χ0v) is 18.0. The first kappa shape index (κ1) is 22.8. The molecule has 4 rings (SSSR count). The first-order chi connectivity index (χ1) is 16.3. The van der Waals surface area contributed by atoms with Gasteiger partial charge in [0.05, 0.1) is 12.1 Å². The Balaban J connectivity index is 1.70. The van der Waals surface area contributed by atoms with Gasteiger partial charge in [0.2, 0.25) is 5.91 Å². The van der Waals surface area contributed by atoms with Gasteiger partial charge in [-0.25, -0.2) is 18.7 Å². The summed E-state index contributed by atoms with van der Waals surface area (Å²) in [7, 11) is 0. The third-order valence-corrected chi connectivity index (χ3v) is 5.35. The summed E-state index contributed by atoms with van der Waals surface area (Å²) < 4.78 is 27.9. The molecule has 0 spiro atoms. The summed E-state index contributed by atoms with van der Waals surface area (Å²) >= 11 is 0. The van der Waals surface area contributed by atoms with Gasteiger partial charge in [0.25, 0.3) is 17.7 Å². The van der Waals surface area contributed by atoms with Crippen molar-refractivity contribution < 1.29 is 28.0 Å². The summed E-state index contributed by atoms with van der Waals surface area (Å²) in [5.41, 5.74) is 3.02. The number of carbonyl (C=O) groups excluding carboxylic acids is 4. The van der Waals surface area contributed by atoms with Gasteiger partial charge in [-0.1, -0.05) is 35.9 Å². The molecule has 1 unspecified atom stereocenters. The molecular formula is C25H19F2N3O4. The first-order valence-electron chi connectivity index (χ1n) is 10.3. The normalized spacial score (nSPS) is 15.4. The van der Waals surface area contributed by atoms with Crippen molar-refractivity contribution in [3.05, 3.63) is 101 Å². The van der Waals surface area contributed by atoms with Crippen molar-refractivity contribution in [2.24, 2.45) is 0 Å². The van der Waals surface area contributed by atoms with E-state index in [0.29, 0.717) is 4.90 Å². The Morgan fingerprint density at radius 3 is 2.32 bits per heavy atom. The van der Waals surface area contributed by atoms with Crippen molar-refractivity contribution in [2.45, 2.75) is 19.4 Å². The number of carbonyl (C=O) groups is 4. The molecule has 1 fully saturated rings. The lowest BCUT2D eigenvalue weighted by atomic mass is 10.1. The fourth-order valence-electron chi connectivity index (χ4n) is 3.61. The molecule has 0 aliphatic carbocycles. The van der Waals surface area contributed by atoms with Crippen LogP contribution in [-0.4, -0.2) is 34.7 Å². The van der Waals surface area contributed by atoms with Crippen LogP contribution in [0.15, 0.2) is 72.8 Å². The second-order valence-corrected chi connectivity index (χ2v) is 7.73. The Morgan fingerprint density at radius 1 is 0.941 bits per heavy atom. The molecule has 1 atom stereocenters. The van der Waals surface area contributed by atoms with Crippen molar-refractivity contribution in [1.29, 1.82) is 0 Å². The molecule has 0 saturated carbocycles. The number of benzene rings is 3. The average Bonchev–Trinajstić information content (AvgIpc) is 3.11. The van der Waals surface area contributed by atoms with Crippen molar-refractivity contribution >= 4 is 29.3 Å². The van der Waals surface area contributed by atoms with Crippen molar-refractivity contribution in [1.82, 2.24) is 10.4 Å². The molecule has 4 amide bonds. The van der Waals surface area contributed by atoms with Gasteiger partial charge in [-0.05, 0) is 49.4 Å². The summed E-state index contributed by atoms with van der Waals surface area (Å²) in [5.74, 6) is -4.68. The van der Waals surface area contributed by atoms with Gasteiger partial charge < -0.3 is 0 Å². The van der Waals surface area contributed by atoms with Crippen molar-refractivity contribution in [3.63, 3.8) is 0 Å². The minimum atomic E-state index is -1.43. The SMILES string of the molecule is Cc1ccc(C(=O)N(NC(=O)c2cccc(F)c2)C2CC(=O)N(c3ccccc3F)C2=O)cc1. The number of rotatable bonds is 4. The van der Waals surface area contributed by atoms with Crippen LogP contribution in [0.2, 0.25) is 0 Å². The molecule has 0 aromatic heterocycles. The van der Waals surface area contributed by atoms with E-state index in [9.17, 15) is 28.0 Å². The van der Waals surface area contributed by atoms with E-state index >= 15 is 0 Å². The molecule has 0 radical (unpaired) electrons. The van der Waals surface area contributed by atoms with Gasteiger partial charge >= 0.3 is 0 Å². The number of para-hydroxylation sites is 1. The van der Waals surface area contributed by atoms with Crippen LogP contribution in [0.1, 0.15) is 32.7 Å². The molecule has 1 heterocycles. The summed E-state index contributed by atoms with van der Waals surface area (Å²) in [4.78, 5) is 52.7. The number of hydrazine groups is 1. The fourth-order valence-corrected chi connectivity index (χ4v) is 3.61. The number of nitrogens with one attached hydrogen (secondary N) is 1. The molecular weight excluding hydrogens is 444 g/mol. The molecule has 3 aromatic carbocycles. The third-order valence-electron chi connectivity index (χ3n) is 5.35. The monoisotopic (exact) mass is 463 g/mol. The fraction of sp³-hybridized carbons (Fsp3) is 0.120. The lowest BCUT2D eigenvalue weighted by Crippen LogP contribution is -2.54. The zero-order valence-electron chi connectivity index (χ0n) is 18.0. The van der Waals surface area contributed by atoms with E-state index in [-0.39, 0.29) is 16.8 Å². The van der Waals surface area contributed by atoms with E-state index in [1.165, 1.54) is 42.5 Å². The second-order valence-electron chi connectivity index (χ2n) is 7.73. The summed E-state index contributed by atoms with van der Waals surface area (Å²) in [6.45, 7) is 1.82. The van der Waals surface area contributed by atoms with Gasteiger partial charge in [0.1, 0.15) is 17.7 Å². The topological polar surface area (TPSA) is 86.8 Å². The maximum absolute atomic E-state index is 14.3. The lowest BCUT2D eigenvalue weighted by Gasteiger charge is -2.28. The average molecular weight is 463 g/mol. The Labute approximate surface area is 193 Å². The Kier molecular flexibility index (Phi) is 6.18. The summed E-state index contributed by atoms with van der Waals surface area (Å²) in [6.07, 6.45) is -0.478. The standard InChI is InChI=1S/C25H19F2N3O4/c1-15-9-11-16(12-10-15)24(33)30(28-23(32)17-5-4-6-18(26)13-17)21-14-22(31)29(25(21)34)20-8-3-2-7-19(20)27/h2-13,21H,14H2,1H3,(H,28,32). The maximum Gasteiger partial charge on any atom is 0.273 e. The number of nitrogens with zero attached hydrogens (tertiary/aromatic N) is 2. The molecule has 0 bridgehead atoms. The van der Waals surface area contributed by atoms with Gasteiger partial charge in [-0.3, -0.25) is 24.6 Å². The maximum atomic E-state index is 14.3. The minimum Gasteiger partial charge on any atom is -0.274 e. The van der Waals surface area contributed by atoms with Crippen LogP contribution in [0.4, 0.5) is 14.5 Å². The third kappa shape index (κ3) is 4.40. The minimum absolute atomic E-state index is 0.0931. The highest BCUT2D eigenvalue weighted by Crippen LogP contribution is 2.28. The summed E-state index contributed by atoms with van der Waals surface area (Å²) in [5, 5.41) is 0.749. The van der Waals surface area contributed by atoms with Gasteiger partial charge in [0, 0.05) is 11.1 Å². The lowest BCUT2D eigenvalue weighted by molar-refractivity contribution is -0.122. The van der Waals surface area contributed by atoms with Gasteiger partial charge in [-0.15, -0.1) is 0 Å². The first-order valence-corrected chi connectivity index (χ1v) is 10.3. The number of hydrogen-bond donors (Lipinski definition) is 1. The van der Waals surface area contributed by atoms with Crippen LogP contribution in [0.5, 0.6) is 0 Å². The van der Waals surface area contributed by atoms with Crippen LogP contribution >= 0.6 is 0 Å². The van der Waals surface area contributed by atoms with Crippen LogP contribution in [0.3, 0.4) is 0 Å². The predicted octanol–water partition coefficient (Wildman–Crippen LogP) is 3.39. The van der Waals surface area contributed by atoms with E-state index in [1.807, 2.05) is 6.92 Å². The molecule has 1 aliphatic heterocycles. The molecule has 1 aliphatic rings. The highest BCUT2D eigenvalue weighted by atomic mass is 19.1. The highest BCUT2D eigenvalue weighted by Gasteiger charge is 2.46. The zero-order chi connectivity index (χ0) is 24.4. The molecule has 1 N–H and O–H groups in total. The molecule has 34 heavy (non-hydrogen) atoms. The summed E-state index contributed by atoms with van der Waals surface area (Å²) in [6, 6.07) is 15.0. The smallest absolute Gasteiger partial charge is 0.273 e. The molecule has 7 nitrogen and oxygen atoms in total. The van der Waals surface area contributed by atoms with Crippen LogP contribution in [0, 0.1) is 18.6 Å². The number of anilines is 1. The van der Waals surface area contributed by atoms with E-state index < -0.39 is 47.7 Å². The molecule has 9 heteroatoms. The second kappa shape index (κ2) is 9.22. The van der Waals surface area contributed by atoms with E-state index in [1.54, 1.807) is 12.1 Å². The van der Waals surface area contributed by atoms with Crippen LogP contribution < -0.4 is 10.3 Å². The molecule has 3 aromatic rings. The largest absolute Gasteiger partial charge is 0.274 e. The Morgan fingerprint density at radius 2 is 1.65 bits per heavy atom. The van der Waals surface area contributed by atoms with Crippen molar-refractivity contribution in [2.75, 3.05) is 4.90 Å². The van der Waals surface area contributed by atoms with E-state index in [2.05, 4.69) is 5.43 Å². The number of imide groups is 1. The quantitative estimate of drug-likeness (QED) is 0.475. The predicted molar refractivity (Wildman–Crippen MR) is 119 cm³/mol. The molecule has 172 valence electrons. The van der Waals surface area contributed by atoms with Gasteiger partial charge in [0.15, 0.2) is 0 Å². The number of amides is 4. The highest BCUT2D eigenvalue weighted by molar-refractivity contribution is 6.23. The Bertz CT molecular complexity index is 1290. The number of hydrogen-bond acceptors (Lipinski definition) is 4. The van der Waals surface area contributed by atoms with E-state index in [0.717, 1.165) is 28.8 Å². The molecule has 1 saturated heterocycles. The van der Waals surface area contributed by atoms with Crippen LogP contribution in [-0.2, 0) is 9.59 Å². The number of aryl methyl sites for hydroxylation is 1. The van der Waals surface area contributed by atoms with Crippen molar-refractivity contribution in [3.8, 4) is 0 Å². The van der Waals surface area contributed by atoms with E-state index in [4.69, 9.17) is 0 Å². The number of halogens is 2. The van der Waals surface area contributed by atoms with Crippen LogP contribution in [0.25, 0.3) is 0 Å². The Hall–Kier alpha value is -4.40.